The van der Waals surface area contributed by atoms with Gasteiger partial charge >= 0.3 is 6.61 Å². The molecule has 0 aliphatic heterocycles. The van der Waals surface area contributed by atoms with Crippen LogP contribution in [0, 0.1) is 23.6 Å². The highest BCUT2D eigenvalue weighted by Crippen LogP contribution is 2.48. The van der Waals surface area contributed by atoms with Gasteiger partial charge in [-0.15, -0.1) is 0 Å². The Morgan fingerprint density at radius 1 is 1.12 bits per heavy atom. The zero-order valence-electron chi connectivity index (χ0n) is 14.3. The minimum Gasteiger partial charge on any atom is -0.432 e. The molecular formula is C20H25F3O2. The van der Waals surface area contributed by atoms with E-state index in [1.165, 1.54) is 31.4 Å². The first-order chi connectivity index (χ1) is 12.1. The van der Waals surface area contributed by atoms with Gasteiger partial charge in [-0.25, -0.2) is 4.39 Å². The third-order valence-corrected chi connectivity index (χ3v) is 6.06. The first-order valence-corrected chi connectivity index (χ1v) is 9.24. The highest BCUT2D eigenvalue weighted by Gasteiger charge is 2.36. The van der Waals surface area contributed by atoms with Crippen molar-refractivity contribution in [1.29, 1.82) is 0 Å². The summed E-state index contributed by atoms with van der Waals surface area (Å²) in [4.78, 5) is 10.6. The minimum atomic E-state index is -3.01. The maximum Gasteiger partial charge on any atom is 0.387 e. The predicted octanol–water partition coefficient (Wildman–Crippen LogP) is 5.71. The monoisotopic (exact) mass is 354 g/mol. The molecule has 0 spiro atoms. The summed E-state index contributed by atoms with van der Waals surface area (Å²) in [5.74, 6) is 1.24. The Kier molecular flexibility index (Phi) is 6.02. The molecular weight excluding hydrogens is 329 g/mol. The molecule has 0 radical (unpaired) electrons. The lowest BCUT2D eigenvalue weighted by molar-refractivity contribution is -0.108. The fourth-order valence-corrected chi connectivity index (χ4v) is 4.82. The van der Waals surface area contributed by atoms with Gasteiger partial charge in [-0.2, -0.15) is 8.78 Å². The van der Waals surface area contributed by atoms with Crippen LogP contribution in [0.15, 0.2) is 18.2 Å². The molecule has 2 aliphatic rings. The summed E-state index contributed by atoms with van der Waals surface area (Å²) in [6.45, 7) is -3.01. The number of carbonyl (C=O) groups excluding carboxylic acids is 1. The van der Waals surface area contributed by atoms with Gasteiger partial charge in [0, 0.05) is 6.42 Å². The fraction of sp³-hybridized carbons (Fsp3) is 0.650. The van der Waals surface area contributed by atoms with Crippen molar-refractivity contribution in [3.63, 3.8) is 0 Å². The van der Waals surface area contributed by atoms with Crippen molar-refractivity contribution in [2.24, 2.45) is 17.8 Å². The van der Waals surface area contributed by atoms with Gasteiger partial charge in [-0.1, -0.05) is 12.5 Å². The second kappa shape index (κ2) is 8.24. The van der Waals surface area contributed by atoms with E-state index < -0.39 is 12.4 Å². The SMILES string of the molecule is O=CCC[C@@H]1CC[C@@H]2CC(c3ccc(OC(F)F)c(F)c3)CC[C@@H]2C1. The zero-order chi connectivity index (χ0) is 17.8. The molecule has 1 unspecified atom stereocenters. The van der Waals surface area contributed by atoms with Crippen molar-refractivity contribution in [2.45, 2.75) is 63.9 Å². The van der Waals surface area contributed by atoms with E-state index in [-0.39, 0.29) is 5.75 Å². The van der Waals surface area contributed by atoms with Crippen LogP contribution in [0.5, 0.6) is 5.75 Å². The van der Waals surface area contributed by atoms with Crippen molar-refractivity contribution in [3.05, 3.63) is 29.6 Å². The highest BCUT2D eigenvalue weighted by molar-refractivity contribution is 5.49. The molecule has 1 aromatic carbocycles. The Balaban J connectivity index is 1.60. The first kappa shape index (κ1) is 18.3. The Morgan fingerprint density at radius 3 is 2.60 bits per heavy atom. The molecule has 1 aromatic rings. The Bertz CT molecular complexity index is 590. The molecule has 4 atom stereocenters. The maximum absolute atomic E-state index is 14.0. The molecule has 0 bridgehead atoms. The molecule has 0 heterocycles. The predicted molar refractivity (Wildman–Crippen MR) is 89.2 cm³/mol. The van der Waals surface area contributed by atoms with Crippen LogP contribution >= 0.6 is 0 Å². The van der Waals surface area contributed by atoms with Crippen molar-refractivity contribution >= 4 is 6.29 Å². The van der Waals surface area contributed by atoms with Gasteiger partial charge in [0.2, 0.25) is 0 Å². The summed E-state index contributed by atoms with van der Waals surface area (Å²) in [5.41, 5.74) is 0.889. The van der Waals surface area contributed by atoms with E-state index in [2.05, 4.69) is 4.74 Å². The number of alkyl halides is 2. The Hall–Kier alpha value is -1.52. The van der Waals surface area contributed by atoms with Crippen LogP contribution in [0.4, 0.5) is 13.2 Å². The number of carbonyl (C=O) groups is 1. The lowest BCUT2D eigenvalue weighted by Crippen LogP contribution is -2.30. The molecule has 2 aliphatic carbocycles. The first-order valence-electron chi connectivity index (χ1n) is 9.24. The van der Waals surface area contributed by atoms with Crippen molar-refractivity contribution in [2.75, 3.05) is 0 Å². The van der Waals surface area contributed by atoms with Gasteiger partial charge in [-0.3, -0.25) is 0 Å². The largest absolute Gasteiger partial charge is 0.432 e. The van der Waals surface area contributed by atoms with Gasteiger partial charge in [0.1, 0.15) is 6.29 Å². The molecule has 0 saturated heterocycles. The van der Waals surface area contributed by atoms with Crippen LogP contribution in [0.3, 0.4) is 0 Å². The molecule has 2 saturated carbocycles. The lowest BCUT2D eigenvalue weighted by Gasteiger charge is -2.42. The summed E-state index contributed by atoms with van der Waals surface area (Å²) in [6.07, 6.45) is 9.43. The summed E-state index contributed by atoms with van der Waals surface area (Å²) >= 11 is 0. The average Bonchev–Trinajstić information content (AvgIpc) is 2.60. The van der Waals surface area contributed by atoms with E-state index in [9.17, 15) is 18.0 Å². The summed E-state index contributed by atoms with van der Waals surface area (Å²) in [7, 11) is 0. The smallest absolute Gasteiger partial charge is 0.387 e. The standard InChI is InChI=1S/C20H25F3O2/c21-18-12-17(7-8-19(18)25-20(22)23)16-6-5-14-10-13(2-1-9-24)3-4-15(14)11-16/h7-9,12-16,20H,1-6,10-11H2/t13-,14-,15-,16?/m1/s1. The topological polar surface area (TPSA) is 26.3 Å². The minimum absolute atomic E-state index is 0.294. The van der Waals surface area contributed by atoms with Crippen LogP contribution in [0.25, 0.3) is 0 Å². The lowest BCUT2D eigenvalue weighted by atomic mass is 9.63. The van der Waals surface area contributed by atoms with Crippen LogP contribution in [-0.4, -0.2) is 12.9 Å². The number of hydrogen-bond acceptors (Lipinski definition) is 2. The maximum atomic E-state index is 14.0. The summed E-state index contributed by atoms with van der Waals surface area (Å²) in [5, 5.41) is 0. The Labute approximate surface area is 146 Å². The quantitative estimate of drug-likeness (QED) is 0.612. The number of rotatable bonds is 6. The molecule has 25 heavy (non-hydrogen) atoms. The molecule has 3 rings (SSSR count). The normalized spacial score (nSPS) is 29.3. The highest BCUT2D eigenvalue weighted by atomic mass is 19.3. The molecule has 0 aromatic heterocycles. The van der Waals surface area contributed by atoms with Crippen LogP contribution in [-0.2, 0) is 4.79 Å². The van der Waals surface area contributed by atoms with E-state index >= 15 is 0 Å². The van der Waals surface area contributed by atoms with Crippen LogP contribution in [0.1, 0.15) is 62.8 Å². The summed E-state index contributed by atoms with van der Waals surface area (Å²) < 4.78 is 42.6. The van der Waals surface area contributed by atoms with Gasteiger partial charge < -0.3 is 9.53 Å². The van der Waals surface area contributed by atoms with Crippen LogP contribution in [0.2, 0.25) is 0 Å². The van der Waals surface area contributed by atoms with Gasteiger partial charge in [0.05, 0.1) is 0 Å². The summed E-state index contributed by atoms with van der Waals surface area (Å²) in [6, 6.07) is 4.40. The number of benzene rings is 1. The molecule has 0 N–H and O–H groups in total. The second-order valence-electron chi connectivity index (χ2n) is 7.52. The fourth-order valence-electron chi connectivity index (χ4n) is 4.82. The third kappa shape index (κ3) is 4.56. The molecule has 5 heteroatoms. The molecule has 2 fully saturated rings. The molecule has 2 nitrogen and oxygen atoms in total. The van der Waals surface area contributed by atoms with E-state index in [1.54, 1.807) is 6.07 Å². The van der Waals surface area contributed by atoms with Crippen LogP contribution < -0.4 is 4.74 Å². The van der Waals surface area contributed by atoms with Crippen molar-refractivity contribution < 1.29 is 22.7 Å². The number of aldehydes is 1. The molecule has 138 valence electrons. The average molecular weight is 354 g/mol. The third-order valence-electron chi connectivity index (χ3n) is 6.06. The van der Waals surface area contributed by atoms with Gasteiger partial charge in [0.25, 0.3) is 0 Å². The van der Waals surface area contributed by atoms with Gasteiger partial charge in [-0.05, 0) is 79.9 Å². The number of ether oxygens (including phenoxy) is 1. The Morgan fingerprint density at radius 2 is 1.88 bits per heavy atom. The number of fused-ring (bicyclic) bond motifs is 1. The van der Waals surface area contributed by atoms with Crippen molar-refractivity contribution in [3.8, 4) is 5.75 Å². The zero-order valence-corrected chi connectivity index (χ0v) is 14.3. The number of halogens is 3. The van der Waals surface area contributed by atoms with E-state index in [0.29, 0.717) is 30.1 Å². The van der Waals surface area contributed by atoms with E-state index in [1.807, 2.05) is 0 Å². The molecule has 0 amide bonds. The number of hydrogen-bond donors (Lipinski definition) is 0. The van der Waals surface area contributed by atoms with E-state index in [0.717, 1.165) is 37.5 Å². The van der Waals surface area contributed by atoms with Gasteiger partial charge in [0.15, 0.2) is 11.6 Å². The second-order valence-corrected chi connectivity index (χ2v) is 7.52. The van der Waals surface area contributed by atoms with Crippen molar-refractivity contribution in [1.82, 2.24) is 0 Å². The van der Waals surface area contributed by atoms with E-state index in [4.69, 9.17) is 0 Å².